The Bertz CT molecular complexity index is 920. The molecular weight excluding hydrogens is 398 g/mol. The summed E-state index contributed by atoms with van der Waals surface area (Å²) in [6.45, 7) is 0.972. The van der Waals surface area contributed by atoms with Crippen molar-refractivity contribution in [1.82, 2.24) is 15.2 Å². The monoisotopic (exact) mass is 420 g/mol. The fraction of sp³-hybridized carbons (Fsp3) is 0.421. The molecule has 156 valence electrons. The van der Waals surface area contributed by atoms with E-state index in [2.05, 4.69) is 10.9 Å². The van der Waals surface area contributed by atoms with Crippen LogP contribution in [-0.4, -0.2) is 43.6 Å². The first-order chi connectivity index (χ1) is 13.8. The van der Waals surface area contributed by atoms with Crippen molar-refractivity contribution in [3.05, 3.63) is 42.0 Å². The Balaban J connectivity index is 1.60. The van der Waals surface area contributed by atoms with Crippen molar-refractivity contribution >= 4 is 27.8 Å². The van der Waals surface area contributed by atoms with Gasteiger partial charge in [0.1, 0.15) is 0 Å². The number of hydrogen-bond donors (Lipinski definition) is 2. The molecule has 0 bridgehead atoms. The van der Waals surface area contributed by atoms with Crippen LogP contribution in [0.25, 0.3) is 0 Å². The van der Waals surface area contributed by atoms with Crippen LogP contribution in [0.3, 0.4) is 0 Å². The number of allylic oxidation sites excluding steroid dienone is 2. The van der Waals surface area contributed by atoms with Gasteiger partial charge in [0.05, 0.1) is 10.8 Å². The molecule has 1 aliphatic carbocycles. The fourth-order valence-corrected chi connectivity index (χ4v) is 5.02. The Morgan fingerprint density at radius 2 is 1.52 bits per heavy atom. The third kappa shape index (κ3) is 4.65. The third-order valence-corrected chi connectivity index (χ3v) is 7.10. The molecule has 10 heteroatoms. The van der Waals surface area contributed by atoms with E-state index >= 15 is 0 Å². The van der Waals surface area contributed by atoms with Crippen molar-refractivity contribution < 1.29 is 27.9 Å². The Labute approximate surface area is 168 Å². The van der Waals surface area contributed by atoms with E-state index in [0.717, 1.165) is 12.8 Å². The second-order valence-corrected chi connectivity index (χ2v) is 8.99. The Kier molecular flexibility index (Phi) is 6.33. The van der Waals surface area contributed by atoms with E-state index in [1.165, 1.54) is 28.6 Å². The molecule has 2 N–H and O–H groups in total. The van der Waals surface area contributed by atoms with E-state index < -0.39 is 39.6 Å². The molecule has 0 saturated carbocycles. The van der Waals surface area contributed by atoms with Gasteiger partial charge < -0.3 is 9.90 Å². The Morgan fingerprint density at radius 3 is 2.10 bits per heavy atom. The predicted molar refractivity (Wildman–Crippen MR) is 100 cm³/mol. The number of rotatable bonds is 5. The van der Waals surface area contributed by atoms with Crippen molar-refractivity contribution in [2.24, 2.45) is 11.8 Å². The molecule has 0 aromatic heterocycles. The smallest absolute Gasteiger partial charge is 0.269 e. The molecule has 1 fully saturated rings. The summed E-state index contributed by atoms with van der Waals surface area (Å²) in [6.07, 6.45) is 5.49. The highest BCUT2D eigenvalue weighted by Gasteiger charge is 2.30. The molecule has 0 radical (unpaired) electrons. The molecule has 0 spiro atoms. The zero-order valence-electron chi connectivity index (χ0n) is 15.7. The van der Waals surface area contributed by atoms with E-state index in [9.17, 15) is 27.9 Å². The lowest BCUT2D eigenvalue weighted by Gasteiger charge is -2.28. The number of nitrogens with one attached hydrogen (secondary N) is 2. The number of hydrogen-bond acceptors (Lipinski definition) is 6. The number of carbonyl (C=O) groups excluding carboxylic acids is 3. The first kappa shape index (κ1) is 21.0. The molecular formula is C19H22N3O6S-. The van der Waals surface area contributed by atoms with Crippen LogP contribution in [0.1, 0.15) is 36.0 Å². The Hall–Kier alpha value is -2.72. The number of carboxylic acid groups (broad SMARTS) is 1. The number of sulfonamides is 1. The van der Waals surface area contributed by atoms with Gasteiger partial charge in [-0.05, 0) is 49.9 Å². The van der Waals surface area contributed by atoms with Gasteiger partial charge >= 0.3 is 0 Å². The Morgan fingerprint density at radius 1 is 0.931 bits per heavy atom. The van der Waals surface area contributed by atoms with Gasteiger partial charge in [-0.1, -0.05) is 12.2 Å². The lowest BCUT2D eigenvalue weighted by atomic mass is 9.82. The molecule has 2 atom stereocenters. The maximum Gasteiger partial charge on any atom is 0.269 e. The summed E-state index contributed by atoms with van der Waals surface area (Å²) < 4.78 is 26.4. The average molecular weight is 420 g/mol. The average Bonchev–Trinajstić information content (AvgIpc) is 3.27. The van der Waals surface area contributed by atoms with Crippen molar-refractivity contribution in [2.45, 2.75) is 30.6 Å². The molecule has 9 nitrogen and oxygen atoms in total. The van der Waals surface area contributed by atoms with E-state index in [-0.39, 0.29) is 23.3 Å². The molecule has 2 aliphatic rings. The van der Waals surface area contributed by atoms with Crippen LogP contribution in [0.2, 0.25) is 0 Å². The van der Waals surface area contributed by atoms with Crippen LogP contribution >= 0.6 is 0 Å². The minimum atomic E-state index is -3.57. The highest BCUT2D eigenvalue weighted by atomic mass is 32.2. The number of hydrazine groups is 1. The van der Waals surface area contributed by atoms with E-state index in [1.807, 2.05) is 0 Å². The normalized spacial score (nSPS) is 22.2. The maximum absolute atomic E-state index is 12.5. The summed E-state index contributed by atoms with van der Waals surface area (Å²) in [5.41, 5.74) is 4.63. The summed E-state index contributed by atoms with van der Waals surface area (Å²) in [6, 6.07) is 5.42. The van der Waals surface area contributed by atoms with Gasteiger partial charge in [0.2, 0.25) is 15.9 Å². The molecule has 1 aromatic rings. The summed E-state index contributed by atoms with van der Waals surface area (Å²) in [5.74, 6) is -4.36. The van der Waals surface area contributed by atoms with Gasteiger partial charge in [-0.3, -0.25) is 20.4 Å². The van der Waals surface area contributed by atoms with Gasteiger partial charge in [0, 0.05) is 30.5 Å². The zero-order chi connectivity index (χ0) is 21.0. The van der Waals surface area contributed by atoms with Gasteiger partial charge in [-0.25, -0.2) is 8.42 Å². The summed E-state index contributed by atoms with van der Waals surface area (Å²) in [5, 5.41) is 11.2. The topological polar surface area (TPSA) is 136 Å². The highest BCUT2D eigenvalue weighted by Crippen LogP contribution is 2.25. The number of aliphatic carboxylic acids is 1. The minimum absolute atomic E-state index is 0.103. The second-order valence-electron chi connectivity index (χ2n) is 7.05. The fourth-order valence-electron chi connectivity index (χ4n) is 3.50. The predicted octanol–water partition coefficient (Wildman–Crippen LogP) is -0.436. The van der Waals surface area contributed by atoms with Crippen LogP contribution in [-0.2, 0) is 19.6 Å². The van der Waals surface area contributed by atoms with Crippen LogP contribution in [0.4, 0.5) is 0 Å². The number of benzene rings is 1. The lowest BCUT2D eigenvalue weighted by molar-refractivity contribution is -0.313. The van der Waals surface area contributed by atoms with Crippen molar-refractivity contribution in [2.75, 3.05) is 13.1 Å². The van der Waals surface area contributed by atoms with E-state index in [1.54, 1.807) is 12.2 Å². The van der Waals surface area contributed by atoms with Crippen molar-refractivity contribution in [1.29, 1.82) is 0 Å². The zero-order valence-corrected chi connectivity index (χ0v) is 16.5. The molecule has 1 heterocycles. The van der Waals surface area contributed by atoms with Crippen LogP contribution in [0, 0.1) is 11.8 Å². The number of nitrogens with zero attached hydrogens (tertiary/aromatic N) is 1. The SMILES string of the molecule is O=C(NNC(=O)[C@H]1CC=CC[C@H]1C(=O)[O-])c1ccc(S(=O)(=O)N2CCCC2)cc1. The molecule has 1 aromatic carbocycles. The van der Waals surface area contributed by atoms with E-state index in [0.29, 0.717) is 13.1 Å². The minimum Gasteiger partial charge on any atom is -0.550 e. The number of carboxylic acids is 1. The van der Waals surface area contributed by atoms with E-state index in [4.69, 9.17) is 0 Å². The molecule has 0 unspecified atom stereocenters. The number of carbonyl (C=O) groups is 3. The molecule has 1 aliphatic heterocycles. The summed E-state index contributed by atoms with van der Waals surface area (Å²) in [7, 11) is -3.57. The van der Waals surface area contributed by atoms with Crippen molar-refractivity contribution in [3.63, 3.8) is 0 Å². The van der Waals surface area contributed by atoms with Gasteiger partial charge in [0.25, 0.3) is 5.91 Å². The van der Waals surface area contributed by atoms with Gasteiger partial charge in [-0.15, -0.1) is 0 Å². The quantitative estimate of drug-likeness (QED) is 0.490. The van der Waals surface area contributed by atoms with Gasteiger partial charge in [0.15, 0.2) is 0 Å². The number of amides is 2. The summed E-state index contributed by atoms with van der Waals surface area (Å²) in [4.78, 5) is 35.8. The lowest BCUT2D eigenvalue weighted by Crippen LogP contribution is -2.49. The summed E-state index contributed by atoms with van der Waals surface area (Å²) >= 11 is 0. The molecule has 2 amide bonds. The maximum atomic E-state index is 12.5. The third-order valence-electron chi connectivity index (χ3n) is 5.19. The largest absolute Gasteiger partial charge is 0.550 e. The standard InChI is InChI=1S/C19H23N3O6S/c23-17(20-21-18(24)15-5-1-2-6-16(15)19(25)26)13-7-9-14(10-8-13)29(27,28)22-11-3-4-12-22/h1-2,7-10,15-16H,3-6,11-12H2,(H,20,23)(H,21,24)(H,25,26)/p-1/t15-,16+/m0/s1. The van der Waals surface area contributed by atoms with Crippen LogP contribution < -0.4 is 16.0 Å². The molecule has 1 saturated heterocycles. The molecule has 3 rings (SSSR count). The first-order valence-electron chi connectivity index (χ1n) is 9.37. The highest BCUT2D eigenvalue weighted by molar-refractivity contribution is 7.89. The molecule has 29 heavy (non-hydrogen) atoms. The van der Waals surface area contributed by atoms with Gasteiger partial charge in [-0.2, -0.15) is 4.31 Å². The van der Waals surface area contributed by atoms with Crippen molar-refractivity contribution in [3.8, 4) is 0 Å². The first-order valence-corrected chi connectivity index (χ1v) is 10.8. The second kappa shape index (κ2) is 8.75. The van der Waals surface area contributed by atoms with Crippen LogP contribution in [0.15, 0.2) is 41.3 Å². The van der Waals surface area contributed by atoms with Crippen LogP contribution in [0.5, 0.6) is 0 Å².